The van der Waals surface area contributed by atoms with Crippen molar-refractivity contribution < 1.29 is 22.8 Å². The lowest BCUT2D eigenvalue weighted by Crippen LogP contribution is -2.28. The molecule has 0 spiro atoms. The summed E-state index contributed by atoms with van der Waals surface area (Å²) in [4.78, 5) is 32.6. The lowest BCUT2D eigenvalue weighted by Gasteiger charge is -2.15. The largest absolute Gasteiger partial charge is 0.446 e. The summed E-state index contributed by atoms with van der Waals surface area (Å²) < 4.78 is 37.6. The number of nitrogens with one attached hydrogen (secondary N) is 1. The average molecular weight is 409 g/mol. The van der Waals surface area contributed by atoms with Gasteiger partial charge in [0.2, 0.25) is 0 Å². The molecule has 1 N–H and O–H groups in total. The molecule has 1 aromatic carbocycles. The molecule has 0 saturated heterocycles. The minimum absolute atomic E-state index is 0.0500. The predicted octanol–water partition coefficient (Wildman–Crippen LogP) is 4.10. The van der Waals surface area contributed by atoms with E-state index in [2.05, 4.69) is 15.3 Å². The minimum atomic E-state index is -4.37. The second kappa shape index (κ2) is 8.30. The summed E-state index contributed by atoms with van der Waals surface area (Å²) in [6.07, 6.45) is 3.30. The van der Waals surface area contributed by atoms with Crippen molar-refractivity contribution in [2.45, 2.75) is 42.6 Å². The van der Waals surface area contributed by atoms with Crippen molar-refractivity contribution in [1.82, 2.24) is 15.3 Å². The number of Topliss-reactive ketones (excluding diaryl/α,β-unsaturated/α-hetero) is 1. The molecule has 148 valence electrons. The second-order valence-electron chi connectivity index (χ2n) is 6.59. The molecule has 3 rings (SSSR count). The van der Waals surface area contributed by atoms with Crippen LogP contribution in [0.4, 0.5) is 13.2 Å². The highest BCUT2D eigenvalue weighted by molar-refractivity contribution is 8.00. The first-order valence-corrected chi connectivity index (χ1v) is 9.54. The van der Waals surface area contributed by atoms with Gasteiger partial charge in [-0.25, -0.2) is 9.97 Å². The van der Waals surface area contributed by atoms with Crippen LogP contribution in [0.5, 0.6) is 0 Å². The van der Waals surface area contributed by atoms with Gasteiger partial charge >= 0.3 is 5.51 Å². The SMILES string of the molecule is CC(NC(=O)c1ccnc(CC(=O)C2CC2)n1)c1cccc(SC(F)(F)F)c1. The summed E-state index contributed by atoms with van der Waals surface area (Å²) in [5.41, 5.74) is -3.72. The van der Waals surface area contributed by atoms with Crippen molar-refractivity contribution in [2.24, 2.45) is 5.92 Å². The Morgan fingerprint density at radius 3 is 2.71 bits per heavy atom. The lowest BCUT2D eigenvalue weighted by molar-refractivity contribution is -0.119. The van der Waals surface area contributed by atoms with Crippen LogP contribution in [0, 0.1) is 5.92 Å². The van der Waals surface area contributed by atoms with Crippen LogP contribution in [0.2, 0.25) is 0 Å². The third kappa shape index (κ3) is 5.79. The Bertz CT molecular complexity index is 885. The van der Waals surface area contributed by atoms with Gasteiger partial charge in [-0.2, -0.15) is 13.2 Å². The summed E-state index contributed by atoms with van der Waals surface area (Å²) in [5, 5.41) is 2.71. The standard InChI is InChI=1S/C19H18F3N3O2S/c1-11(13-3-2-4-14(9-13)28-19(20,21)22)24-18(27)15-7-8-23-17(25-15)10-16(26)12-5-6-12/h2-4,7-9,11-12H,5-6,10H2,1H3,(H,24,27). The quantitative estimate of drug-likeness (QED) is 0.697. The Labute approximate surface area is 164 Å². The number of amides is 1. The number of carbonyl (C=O) groups excluding carboxylic acids is 2. The number of benzene rings is 1. The van der Waals surface area contributed by atoms with Crippen molar-refractivity contribution in [2.75, 3.05) is 0 Å². The van der Waals surface area contributed by atoms with Gasteiger partial charge in [0.1, 0.15) is 17.3 Å². The number of ketones is 1. The van der Waals surface area contributed by atoms with Gasteiger partial charge in [-0.1, -0.05) is 12.1 Å². The molecule has 0 bridgehead atoms. The molecular formula is C19H18F3N3O2S. The number of thioether (sulfide) groups is 1. The molecule has 9 heteroatoms. The summed E-state index contributed by atoms with van der Waals surface area (Å²) in [7, 11) is 0. The van der Waals surface area contributed by atoms with Crippen LogP contribution in [0.3, 0.4) is 0 Å². The normalized spacial score (nSPS) is 15.1. The van der Waals surface area contributed by atoms with Crippen LogP contribution in [0.25, 0.3) is 0 Å². The second-order valence-corrected chi connectivity index (χ2v) is 7.73. The molecule has 1 heterocycles. The number of rotatable bonds is 7. The van der Waals surface area contributed by atoms with Crippen LogP contribution < -0.4 is 5.32 Å². The number of nitrogens with zero attached hydrogens (tertiary/aromatic N) is 2. The highest BCUT2D eigenvalue weighted by atomic mass is 32.2. The first-order chi connectivity index (χ1) is 13.2. The van der Waals surface area contributed by atoms with E-state index in [1.165, 1.54) is 30.5 Å². The van der Waals surface area contributed by atoms with E-state index in [1.54, 1.807) is 13.0 Å². The first kappa shape index (κ1) is 20.3. The number of carbonyl (C=O) groups is 2. The van der Waals surface area contributed by atoms with E-state index >= 15 is 0 Å². The van der Waals surface area contributed by atoms with E-state index in [-0.39, 0.29) is 40.5 Å². The van der Waals surface area contributed by atoms with Crippen LogP contribution in [0.15, 0.2) is 41.4 Å². The molecule has 0 radical (unpaired) electrons. The fourth-order valence-electron chi connectivity index (χ4n) is 2.65. The van der Waals surface area contributed by atoms with Gasteiger partial charge in [0.25, 0.3) is 5.91 Å². The monoisotopic (exact) mass is 409 g/mol. The molecule has 28 heavy (non-hydrogen) atoms. The van der Waals surface area contributed by atoms with Gasteiger partial charge in [-0.15, -0.1) is 0 Å². The Hall–Kier alpha value is -2.42. The van der Waals surface area contributed by atoms with E-state index in [1.807, 2.05) is 0 Å². The van der Waals surface area contributed by atoms with Gasteiger partial charge in [0, 0.05) is 17.0 Å². The molecular weight excluding hydrogens is 391 g/mol. The van der Waals surface area contributed by atoms with E-state index < -0.39 is 17.5 Å². The molecule has 0 aliphatic heterocycles. The third-order valence-corrected chi connectivity index (χ3v) is 4.96. The number of hydrogen-bond donors (Lipinski definition) is 1. The highest BCUT2D eigenvalue weighted by Gasteiger charge is 2.30. The highest BCUT2D eigenvalue weighted by Crippen LogP contribution is 2.37. The summed E-state index contributed by atoms with van der Waals surface area (Å²) in [6.45, 7) is 1.67. The Morgan fingerprint density at radius 1 is 1.29 bits per heavy atom. The fourth-order valence-corrected chi connectivity index (χ4v) is 3.26. The van der Waals surface area contributed by atoms with Crippen molar-refractivity contribution in [3.63, 3.8) is 0 Å². The van der Waals surface area contributed by atoms with Gasteiger partial charge in [0.15, 0.2) is 0 Å². The molecule has 2 aromatic rings. The van der Waals surface area contributed by atoms with Crippen molar-refractivity contribution in [3.8, 4) is 0 Å². The maximum atomic E-state index is 12.5. The summed E-state index contributed by atoms with van der Waals surface area (Å²) in [5.74, 6) is -0.0301. The van der Waals surface area contributed by atoms with Crippen LogP contribution in [-0.4, -0.2) is 27.2 Å². The predicted molar refractivity (Wildman–Crippen MR) is 97.7 cm³/mol. The van der Waals surface area contributed by atoms with Gasteiger partial charge < -0.3 is 5.32 Å². The van der Waals surface area contributed by atoms with Crippen LogP contribution in [0.1, 0.15) is 47.7 Å². The maximum Gasteiger partial charge on any atom is 0.446 e. The average Bonchev–Trinajstić information content (AvgIpc) is 3.46. The Balaban J connectivity index is 1.65. The van der Waals surface area contributed by atoms with E-state index in [0.29, 0.717) is 11.4 Å². The van der Waals surface area contributed by atoms with Crippen molar-refractivity contribution >= 4 is 23.5 Å². The molecule has 1 amide bonds. The fraction of sp³-hybridized carbons (Fsp3) is 0.368. The number of aromatic nitrogens is 2. The molecule has 1 aliphatic rings. The molecule has 1 aromatic heterocycles. The first-order valence-electron chi connectivity index (χ1n) is 8.72. The summed E-state index contributed by atoms with van der Waals surface area (Å²) in [6, 6.07) is 6.83. The van der Waals surface area contributed by atoms with Gasteiger partial charge in [0.05, 0.1) is 12.5 Å². The van der Waals surface area contributed by atoms with Crippen LogP contribution >= 0.6 is 11.8 Å². The molecule has 1 atom stereocenters. The lowest BCUT2D eigenvalue weighted by atomic mass is 10.1. The zero-order valence-electron chi connectivity index (χ0n) is 15.0. The van der Waals surface area contributed by atoms with Crippen LogP contribution in [-0.2, 0) is 11.2 Å². The van der Waals surface area contributed by atoms with Gasteiger partial charge in [-0.05, 0) is 55.3 Å². The topological polar surface area (TPSA) is 72.0 Å². The zero-order valence-corrected chi connectivity index (χ0v) is 15.8. The summed E-state index contributed by atoms with van der Waals surface area (Å²) >= 11 is -0.203. The number of alkyl halides is 3. The molecule has 1 saturated carbocycles. The molecule has 5 nitrogen and oxygen atoms in total. The maximum absolute atomic E-state index is 12.5. The van der Waals surface area contributed by atoms with E-state index in [0.717, 1.165) is 12.8 Å². The number of halogens is 3. The third-order valence-electron chi connectivity index (χ3n) is 4.24. The number of hydrogen-bond acceptors (Lipinski definition) is 5. The van der Waals surface area contributed by atoms with Gasteiger partial charge in [-0.3, -0.25) is 9.59 Å². The van der Waals surface area contributed by atoms with E-state index in [4.69, 9.17) is 0 Å². The minimum Gasteiger partial charge on any atom is -0.344 e. The van der Waals surface area contributed by atoms with E-state index in [9.17, 15) is 22.8 Å². The van der Waals surface area contributed by atoms with Crippen molar-refractivity contribution in [1.29, 1.82) is 0 Å². The molecule has 1 unspecified atom stereocenters. The smallest absolute Gasteiger partial charge is 0.344 e. The zero-order chi connectivity index (χ0) is 20.3. The Morgan fingerprint density at radius 2 is 2.04 bits per heavy atom. The Kier molecular flexibility index (Phi) is 6.02. The molecule has 1 fully saturated rings. The molecule has 1 aliphatic carbocycles. The van der Waals surface area contributed by atoms with Crippen molar-refractivity contribution in [3.05, 3.63) is 53.6 Å².